The van der Waals surface area contributed by atoms with Gasteiger partial charge in [-0.1, -0.05) is 0 Å². The molecular weight excluding hydrogens is 207 g/mol. The molecular formula is C9H18Cl2N2. The Kier molecular flexibility index (Phi) is 3.50. The van der Waals surface area contributed by atoms with Crippen LogP contribution in [0.25, 0.3) is 0 Å². The fourth-order valence-electron chi connectivity index (χ4n) is 2.49. The van der Waals surface area contributed by atoms with Gasteiger partial charge in [0, 0.05) is 31.1 Å². The Morgan fingerprint density at radius 1 is 1.15 bits per heavy atom. The molecule has 13 heavy (non-hydrogen) atoms. The first-order chi connectivity index (χ1) is 5.38. The van der Waals surface area contributed by atoms with E-state index in [0.29, 0.717) is 0 Å². The Labute approximate surface area is 92.3 Å². The van der Waals surface area contributed by atoms with Crippen LogP contribution in [0.2, 0.25) is 0 Å². The quantitative estimate of drug-likeness (QED) is 0.723. The van der Waals surface area contributed by atoms with Gasteiger partial charge in [-0.15, -0.1) is 24.8 Å². The third-order valence-corrected chi connectivity index (χ3v) is 3.53. The van der Waals surface area contributed by atoms with Crippen LogP contribution < -0.4 is 5.32 Å². The molecule has 1 aliphatic carbocycles. The maximum atomic E-state index is 3.40. The van der Waals surface area contributed by atoms with Gasteiger partial charge in [0.25, 0.3) is 0 Å². The second kappa shape index (κ2) is 3.93. The van der Waals surface area contributed by atoms with Gasteiger partial charge in [0.05, 0.1) is 0 Å². The van der Waals surface area contributed by atoms with Gasteiger partial charge in [-0.25, -0.2) is 0 Å². The van der Waals surface area contributed by atoms with Crippen LogP contribution in [0.15, 0.2) is 0 Å². The zero-order chi connectivity index (χ0) is 7.31. The molecule has 3 aliphatic rings. The van der Waals surface area contributed by atoms with E-state index in [1.807, 2.05) is 0 Å². The van der Waals surface area contributed by atoms with Crippen LogP contribution in [-0.4, -0.2) is 37.1 Å². The van der Waals surface area contributed by atoms with Gasteiger partial charge in [-0.3, -0.25) is 4.90 Å². The first kappa shape index (κ1) is 11.6. The first-order valence-electron chi connectivity index (χ1n) is 4.83. The molecule has 1 N–H and O–H groups in total. The molecule has 2 saturated heterocycles. The van der Waals surface area contributed by atoms with Gasteiger partial charge in [-0.2, -0.15) is 0 Å². The minimum atomic E-state index is 0. The summed E-state index contributed by atoms with van der Waals surface area (Å²) in [5, 5.41) is 3.40. The van der Waals surface area contributed by atoms with Crippen molar-refractivity contribution in [2.75, 3.05) is 26.2 Å². The number of likely N-dealkylation sites (tertiary alicyclic amines) is 1. The van der Waals surface area contributed by atoms with Crippen molar-refractivity contribution in [2.45, 2.75) is 25.3 Å². The second-order valence-electron chi connectivity index (χ2n) is 4.56. The molecule has 0 radical (unpaired) electrons. The summed E-state index contributed by atoms with van der Waals surface area (Å²) in [4.78, 5) is 2.71. The average molecular weight is 225 g/mol. The van der Waals surface area contributed by atoms with Crippen molar-refractivity contribution in [1.29, 1.82) is 0 Å². The number of hydrogen-bond acceptors (Lipinski definition) is 2. The van der Waals surface area contributed by atoms with Crippen molar-refractivity contribution in [3.8, 4) is 0 Å². The lowest BCUT2D eigenvalue weighted by Crippen LogP contribution is -2.54. The molecule has 3 rings (SSSR count). The van der Waals surface area contributed by atoms with Crippen molar-refractivity contribution in [3.63, 3.8) is 0 Å². The van der Waals surface area contributed by atoms with Crippen LogP contribution in [0.1, 0.15) is 19.3 Å². The van der Waals surface area contributed by atoms with Crippen molar-refractivity contribution in [3.05, 3.63) is 0 Å². The Bertz CT molecular complexity index is 178. The molecule has 2 nitrogen and oxygen atoms in total. The van der Waals surface area contributed by atoms with Crippen LogP contribution in [-0.2, 0) is 0 Å². The van der Waals surface area contributed by atoms with E-state index in [1.165, 1.54) is 45.4 Å². The second-order valence-corrected chi connectivity index (χ2v) is 4.56. The molecule has 0 unspecified atom stereocenters. The highest BCUT2D eigenvalue weighted by molar-refractivity contribution is 5.85. The average Bonchev–Trinajstić information content (AvgIpc) is 2.67. The Hall–Kier alpha value is 0.500. The molecule has 0 amide bonds. The predicted molar refractivity (Wildman–Crippen MR) is 59.0 cm³/mol. The monoisotopic (exact) mass is 224 g/mol. The third kappa shape index (κ3) is 1.96. The SMILES string of the molecule is C1CC1N1CCC2(CNC2)C1.Cl.Cl. The van der Waals surface area contributed by atoms with E-state index in [-0.39, 0.29) is 24.8 Å². The first-order valence-corrected chi connectivity index (χ1v) is 4.83. The summed E-state index contributed by atoms with van der Waals surface area (Å²) in [5.41, 5.74) is 0.725. The maximum absolute atomic E-state index is 3.40. The fraction of sp³-hybridized carbons (Fsp3) is 1.00. The van der Waals surface area contributed by atoms with Gasteiger partial charge >= 0.3 is 0 Å². The number of hydrogen-bond donors (Lipinski definition) is 1. The third-order valence-electron chi connectivity index (χ3n) is 3.53. The van der Waals surface area contributed by atoms with E-state index in [4.69, 9.17) is 0 Å². The molecule has 1 saturated carbocycles. The minimum absolute atomic E-state index is 0. The summed E-state index contributed by atoms with van der Waals surface area (Å²) in [5.74, 6) is 0. The summed E-state index contributed by atoms with van der Waals surface area (Å²) in [6.07, 6.45) is 4.41. The van der Waals surface area contributed by atoms with Gasteiger partial charge in [-0.05, 0) is 25.8 Å². The number of rotatable bonds is 1. The minimum Gasteiger partial charge on any atom is -0.315 e. The van der Waals surface area contributed by atoms with Crippen molar-refractivity contribution < 1.29 is 0 Å². The molecule has 3 fully saturated rings. The zero-order valence-electron chi connectivity index (χ0n) is 7.79. The zero-order valence-corrected chi connectivity index (χ0v) is 9.42. The molecule has 2 heterocycles. The van der Waals surface area contributed by atoms with E-state index < -0.39 is 0 Å². The number of halogens is 2. The van der Waals surface area contributed by atoms with Crippen LogP contribution in [0.5, 0.6) is 0 Å². The Balaban J connectivity index is 0.000000422. The molecule has 0 atom stereocenters. The number of nitrogens with zero attached hydrogens (tertiary/aromatic N) is 1. The predicted octanol–water partition coefficient (Wildman–Crippen LogP) is 1.29. The van der Waals surface area contributed by atoms with Crippen LogP contribution in [0.3, 0.4) is 0 Å². The summed E-state index contributed by atoms with van der Waals surface area (Å²) in [6, 6.07) is 0.995. The molecule has 78 valence electrons. The fourth-order valence-corrected chi connectivity index (χ4v) is 2.49. The van der Waals surface area contributed by atoms with E-state index in [1.54, 1.807) is 0 Å². The normalized spacial score (nSPS) is 30.5. The van der Waals surface area contributed by atoms with Crippen LogP contribution in [0, 0.1) is 5.41 Å². The highest BCUT2D eigenvalue weighted by atomic mass is 35.5. The molecule has 0 bridgehead atoms. The van der Waals surface area contributed by atoms with E-state index in [9.17, 15) is 0 Å². The van der Waals surface area contributed by atoms with Crippen LogP contribution in [0.4, 0.5) is 0 Å². The van der Waals surface area contributed by atoms with Crippen molar-refractivity contribution in [1.82, 2.24) is 10.2 Å². The summed E-state index contributed by atoms with van der Waals surface area (Å²) >= 11 is 0. The van der Waals surface area contributed by atoms with Gasteiger partial charge in [0.1, 0.15) is 0 Å². The lowest BCUT2D eigenvalue weighted by Gasteiger charge is -2.39. The van der Waals surface area contributed by atoms with E-state index in [2.05, 4.69) is 10.2 Å². The summed E-state index contributed by atoms with van der Waals surface area (Å²) in [6.45, 7) is 5.35. The molecule has 0 aromatic carbocycles. The lowest BCUT2D eigenvalue weighted by molar-refractivity contribution is 0.167. The van der Waals surface area contributed by atoms with E-state index in [0.717, 1.165) is 11.5 Å². The number of nitrogens with one attached hydrogen (secondary N) is 1. The lowest BCUT2D eigenvalue weighted by atomic mass is 9.81. The van der Waals surface area contributed by atoms with Crippen molar-refractivity contribution in [2.24, 2.45) is 5.41 Å². The highest BCUT2D eigenvalue weighted by Gasteiger charge is 2.46. The van der Waals surface area contributed by atoms with Gasteiger partial charge < -0.3 is 5.32 Å². The largest absolute Gasteiger partial charge is 0.315 e. The van der Waals surface area contributed by atoms with Crippen molar-refractivity contribution >= 4 is 24.8 Å². The molecule has 4 heteroatoms. The smallest absolute Gasteiger partial charge is 0.00966 e. The maximum Gasteiger partial charge on any atom is 0.00966 e. The van der Waals surface area contributed by atoms with E-state index >= 15 is 0 Å². The van der Waals surface area contributed by atoms with Gasteiger partial charge in [0.2, 0.25) is 0 Å². The standard InChI is InChI=1S/C9H16N2.2ClH/c1-2-8(1)11-4-3-9(7-11)5-10-6-9;;/h8,10H,1-7H2;2*1H. The molecule has 2 aliphatic heterocycles. The topological polar surface area (TPSA) is 15.3 Å². The summed E-state index contributed by atoms with van der Waals surface area (Å²) < 4.78 is 0. The molecule has 0 aromatic heterocycles. The highest BCUT2D eigenvalue weighted by Crippen LogP contribution is 2.39. The molecule has 0 aromatic rings. The van der Waals surface area contributed by atoms with Crippen LogP contribution >= 0.6 is 24.8 Å². The Morgan fingerprint density at radius 2 is 1.85 bits per heavy atom. The van der Waals surface area contributed by atoms with Gasteiger partial charge in [0.15, 0.2) is 0 Å². The molecule has 1 spiro atoms. The Morgan fingerprint density at radius 3 is 2.23 bits per heavy atom. The summed E-state index contributed by atoms with van der Waals surface area (Å²) in [7, 11) is 0.